The molecule has 4 heteroatoms. The number of hydrogen-bond donors (Lipinski definition) is 1. The first-order valence-electron chi connectivity index (χ1n) is 6.86. The van der Waals surface area contributed by atoms with Gasteiger partial charge in [0, 0.05) is 12.5 Å². The summed E-state index contributed by atoms with van der Waals surface area (Å²) in [5.74, 6) is 1.53. The molecule has 1 aromatic rings. The van der Waals surface area contributed by atoms with Crippen LogP contribution in [0.4, 0.5) is 0 Å². The van der Waals surface area contributed by atoms with Crippen molar-refractivity contribution in [1.82, 2.24) is 5.32 Å². The van der Waals surface area contributed by atoms with Crippen molar-refractivity contribution in [3.05, 3.63) is 22.6 Å². The highest BCUT2D eigenvalue weighted by atomic mass is 79.9. The lowest BCUT2D eigenvalue weighted by molar-refractivity contribution is 0.0746. The van der Waals surface area contributed by atoms with Gasteiger partial charge in [-0.25, -0.2) is 0 Å². The fourth-order valence-corrected chi connectivity index (χ4v) is 3.04. The minimum atomic E-state index is 0.267. The van der Waals surface area contributed by atoms with E-state index in [0.29, 0.717) is 12.0 Å². The molecule has 0 aliphatic carbocycles. The second-order valence-electron chi connectivity index (χ2n) is 4.84. The molecule has 1 aromatic heterocycles. The number of hydrogen-bond acceptors (Lipinski definition) is 3. The normalized spacial score (nSPS) is 25.5. The first-order chi connectivity index (χ1) is 8.76. The second-order valence-corrected chi connectivity index (χ2v) is 5.63. The number of halogens is 1. The summed E-state index contributed by atoms with van der Waals surface area (Å²) in [6, 6.07) is 4.29. The summed E-state index contributed by atoms with van der Waals surface area (Å²) < 4.78 is 12.4. The quantitative estimate of drug-likeness (QED) is 0.864. The fraction of sp³-hybridized carbons (Fsp3) is 0.714. The van der Waals surface area contributed by atoms with Gasteiger partial charge in [0.05, 0.1) is 12.1 Å². The molecule has 1 aliphatic heterocycles. The maximum Gasteiger partial charge on any atom is 0.169 e. The number of ether oxygens (including phenoxy) is 1. The summed E-state index contributed by atoms with van der Waals surface area (Å²) in [6.07, 6.45) is 3.65. The molecule has 0 aromatic carbocycles. The Bertz CT molecular complexity index is 366. The van der Waals surface area contributed by atoms with Gasteiger partial charge >= 0.3 is 0 Å². The van der Waals surface area contributed by atoms with Crippen molar-refractivity contribution in [3.63, 3.8) is 0 Å². The van der Waals surface area contributed by atoms with E-state index in [2.05, 4.69) is 41.2 Å². The van der Waals surface area contributed by atoms with Crippen LogP contribution in [0, 0.1) is 5.92 Å². The highest BCUT2D eigenvalue weighted by molar-refractivity contribution is 9.10. The van der Waals surface area contributed by atoms with Gasteiger partial charge < -0.3 is 14.5 Å². The van der Waals surface area contributed by atoms with Gasteiger partial charge in [-0.05, 0) is 53.9 Å². The van der Waals surface area contributed by atoms with E-state index >= 15 is 0 Å². The fourth-order valence-electron chi connectivity index (χ4n) is 2.73. The first-order valence-corrected chi connectivity index (χ1v) is 7.65. The van der Waals surface area contributed by atoms with E-state index in [1.165, 1.54) is 0 Å². The molecule has 0 spiro atoms. The molecule has 3 atom stereocenters. The minimum Gasteiger partial charge on any atom is -0.453 e. The van der Waals surface area contributed by atoms with E-state index < -0.39 is 0 Å². The van der Waals surface area contributed by atoms with Crippen LogP contribution in [0.25, 0.3) is 0 Å². The second kappa shape index (κ2) is 6.73. The average molecular weight is 316 g/mol. The lowest BCUT2D eigenvalue weighted by atomic mass is 9.89. The first kappa shape index (κ1) is 14.1. The average Bonchev–Trinajstić information content (AvgIpc) is 2.99. The van der Waals surface area contributed by atoms with Gasteiger partial charge in [0.2, 0.25) is 0 Å². The van der Waals surface area contributed by atoms with Crippen LogP contribution in [0.2, 0.25) is 0 Å². The highest BCUT2D eigenvalue weighted by Crippen LogP contribution is 2.36. The van der Waals surface area contributed by atoms with Gasteiger partial charge in [0.1, 0.15) is 5.76 Å². The molecule has 0 bridgehead atoms. The Kier molecular flexibility index (Phi) is 5.27. The third kappa shape index (κ3) is 3.16. The smallest absolute Gasteiger partial charge is 0.169 e. The van der Waals surface area contributed by atoms with Crippen molar-refractivity contribution in [1.29, 1.82) is 0 Å². The van der Waals surface area contributed by atoms with Crippen molar-refractivity contribution in [2.24, 2.45) is 5.92 Å². The molecule has 102 valence electrons. The molecule has 0 amide bonds. The summed E-state index contributed by atoms with van der Waals surface area (Å²) in [5, 5.41) is 3.61. The monoisotopic (exact) mass is 315 g/mol. The standard InChI is InChI=1S/C14H22BrNO2/c1-3-8-16-14(12-5-6-13(15)18-12)10-7-9-17-11(10)4-2/h5-6,10-11,14,16H,3-4,7-9H2,1-2H3. The highest BCUT2D eigenvalue weighted by Gasteiger charge is 2.35. The maximum atomic E-state index is 5.81. The molecule has 0 saturated carbocycles. The van der Waals surface area contributed by atoms with Gasteiger partial charge in [-0.15, -0.1) is 0 Å². The van der Waals surface area contributed by atoms with Gasteiger partial charge in [-0.2, -0.15) is 0 Å². The van der Waals surface area contributed by atoms with Crippen LogP contribution in [0.3, 0.4) is 0 Å². The predicted octanol–water partition coefficient (Wildman–Crippen LogP) is 3.90. The third-order valence-corrected chi connectivity index (χ3v) is 4.03. The summed E-state index contributed by atoms with van der Waals surface area (Å²) in [7, 11) is 0. The molecule has 1 aliphatic rings. The molecule has 0 radical (unpaired) electrons. The summed E-state index contributed by atoms with van der Waals surface area (Å²) in [4.78, 5) is 0. The molecule has 2 heterocycles. The van der Waals surface area contributed by atoms with Crippen LogP contribution in [0.15, 0.2) is 21.2 Å². The van der Waals surface area contributed by atoms with Gasteiger partial charge in [0.25, 0.3) is 0 Å². The molecule has 2 rings (SSSR count). The van der Waals surface area contributed by atoms with Crippen LogP contribution in [0.5, 0.6) is 0 Å². The topological polar surface area (TPSA) is 34.4 Å². The van der Waals surface area contributed by atoms with E-state index in [-0.39, 0.29) is 6.04 Å². The molecule has 18 heavy (non-hydrogen) atoms. The van der Waals surface area contributed by atoms with E-state index in [0.717, 1.165) is 42.8 Å². The van der Waals surface area contributed by atoms with E-state index in [9.17, 15) is 0 Å². The van der Waals surface area contributed by atoms with Crippen molar-refractivity contribution < 1.29 is 9.15 Å². The van der Waals surface area contributed by atoms with Crippen LogP contribution in [-0.2, 0) is 4.74 Å². The van der Waals surface area contributed by atoms with Crippen molar-refractivity contribution in [2.45, 2.75) is 45.3 Å². The summed E-state index contributed by atoms with van der Waals surface area (Å²) >= 11 is 3.38. The maximum absolute atomic E-state index is 5.81. The number of nitrogens with one attached hydrogen (secondary N) is 1. The van der Waals surface area contributed by atoms with Crippen LogP contribution in [0.1, 0.15) is 44.9 Å². The number of furan rings is 1. The Labute approximate surface area is 117 Å². The Balaban J connectivity index is 2.13. The lowest BCUT2D eigenvalue weighted by Gasteiger charge is -2.26. The van der Waals surface area contributed by atoms with Gasteiger partial charge in [-0.3, -0.25) is 0 Å². The zero-order valence-corrected chi connectivity index (χ0v) is 12.7. The Morgan fingerprint density at radius 2 is 2.28 bits per heavy atom. The number of rotatable bonds is 6. The third-order valence-electron chi connectivity index (χ3n) is 3.61. The van der Waals surface area contributed by atoms with Crippen molar-refractivity contribution in [3.8, 4) is 0 Å². The Hall–Kier alpha value is -0.320. The zero-order chi connectivity index (χ0) is 13.0. The molecule has 3 unspecified atom stereocenters. The minimum absolute atomic E-state index is 0.267. The molecular formula is C14H22BrNO2. The Morgan fingerprint density at radius 1 is 1.44 bits per heavy atom. The SMILES string of the molecule is CCCNC(c1ccc(Br)o1)C1CCOC1CC. The van der Waals surface area contributed by atoms with E-state index in [4.69, 9.17) is 9.15 Å². The Morgan fingerprint density at radius 3 is 2.89 bits per heavy atom. The van der Waals surface area contributed by atoms with Gasteiger partial charge in [0.15, 0.2) is 4.67 Å². The summed E-state index contributed by atoms with van der Waals surface area (Å²) in [5.41, 5.74) is 0. The molecule has 1 N–H and O–H groups in total. The molecule has 3 nitrogen and oxygen atoms in total. The largest absolute Gasteiger partial charge is 0.453 e. The van der Waals surface area contributed by atoms with Gasteiger partial charge in [-0.1, -0.05) is 13.8 Å². The van der Waals surface area contributed by atoms with E-state index in [1.54, 1.807) is 0 Å². The molecule has 1 fully saturated rings. The van der Waals surface area contributed by atoms with Crippen molar-refractivity contribution in [2.75, 3.05) is 13.2 Å². The zero-order valence-electron chi connectivity index (χ0n) is 11.1. The van der Waals surface area contributed by atoms with E-state index in [1.807, 2.05) is 6.07 Å². The van der Waals surface area contributed by atoms with Crippen LogP contribution in [-0.4, -0.2) is 19.3 Å². The summed E-state index contributed by atoms with van der Waals surface area (Å²) in [6.45, 7) is 6.26. The van der Waals surface area contributed by atoms with Crippen LogP contribution < -0.4 is 5.32 Å². The lowest BCUT2D eigenvalue weighted by Crippen LogP contribution is -2.33. The molecule has 1 saturated heterocycles. The predicted molar refractivity (Wildman–Crippen MR) is 75.6 cm³/mol. The van der Waals surface area contributed by atoms with Crippen LogP contribution >= 0.6 is 15.9 Å². The van der Waals surface area contributed by atoms with Crippen molar-refractivity contribution >= 4 is 15.9 Å². The molecular weight excluding hydrogens is 294 g/mol.